The molecule has 3 heterocycles. The van der Waals surface area contributed by atoms with Crippen molar-refractivity contribution in [2.24, 2.45) is 17.3 Å². The highest BCUT2D eigenvalue weighted by Crippen LogP contribution is 2.49. The molecule has 3 fully saturated rings. The minimum atomic E-state index is -0.124. The van der Waals surface area contributed by atoms with Crippen LogP contribution in [0.1, 0.15) is 56.6 Å². The average Bonchev–Trinajstić information content (AvgIpc) is 3.51. The lowest BCUT2D eigenvalue weighted by Crippen LogP contribution is -2.56. The molecule has 6 rings (SSSR count). The Bertz CT molecular complexity index is 1480. The standard InChI is InChI=1S/C35H43N5O3/c1-37(2)33(42)28-15-20-40(31(21-28)27-13-7-4-8-14-27)34(43)38-19-16-29(35(24-38)17-9-10-18-35)23-39-25-36-30(22-32(39)41)26-11-5-3-6-12-26/h3-8,11-14,22,25,28-29,31H,9-10,15-21,23-24H2,1-2H3/t28?,29-,31?/m0/s1. The van der Waals surface area contributed by atoms with Crippen molar-refractivity contribution >= 4 is 11.9 Å². The fourth-order valence-corrected chi connectivity index (χ4v) is 7.82. The van der Waals surface area contributed by atoms with Gasteiger partial charge in [-0.15, -0.1) is 0 Å². The first-order valence-corrected chi connectivity index (χ1v) is 15.8. The van der Waals surface area contributed by atoms with Gasteiger partial charge in [-0.1, -0.05) is 73.5 Å². The minimum Gasteiger partial charge on any atom is -0.349 e. The lowest BCUT2D eigenvalue weighted by molar-refractivity contribution is -0.135. The predicted octanol–water partition coefficient (Wildman–Crippen LogP) is 5.45. The molecule has 2 unspecified atom stereocenters. The molecule has 43 heavy (non-hydrogen) atoms. The van der Waals surface area contributed by atoms with Crippen LogP contribution in [0.5, 0.6) is 0 Å². The number of nitrogens with zero attached hydrogens (tertiary/aromatic N) is 5. The summed E-state index contributed by atoms with van der Waals surface area (Å²) in [5.74, 6) is 0.367. The van der Waals surface area contributed by atoms with E-state index in [-0.39, 0.29) is 34.9 Å². The molecule has 0 bridgehead atoms. The van der Waals surface area contributed by atoms with Crippen LogP contribution >= 0.6 is 0 Å². The lowest BCUT2D eigenvalue weighted by atomic mass is 9.69. The number of hydrogen-bond donors (Lipinski definition) is 0. The monoisotopic (exact) mass is 581 g/mol. The number of benzene rings is 2. The van der Waals surface area contributed by atoms with E-state index >= 15 is 0 Å². The molecule has 0 N–H and O–H groups in total. The van der Waals surface area contributed by atoms with Crippen molar-refractivity contribution in [3.8, 4) is 11.3 Å². The van der Waals surface area contributed by atoms with Gasteiger partial charge >= 0.3 is 6.03 Å². The first-order chi connectivity index (χ1) is 20.8. The van der Waals surface area contributed by atoms with Crippen molar-refractivity contribution in [3.05, 3.63) is 89.0 Å². The number of amides is 3. The SMILES string of the molecule is CN(C)C(=O)C1CCN(C(=O)N2CC[C@@H](Cn3cnc(-c4ccccc4)cc3=O)C3(CCCC3)C2)C(c2ccccc2)C1. The zero-order valence-electron chi connectivity index (χ0n) is 25.4. The predicted molar refractivity (Wildman–Crippen MR) is 167 cm³/mol. The van der Waals surface area contributed by atoms with Gasteiger partial charge in [0.25, 0.3) is 5.56 Å². The third-order valence-electron chi connectivity index (χ3n) is 10.2. The van der Waals surface area contributed by atoms with E-state index in [9.17, 15) is 14.4 Å². The van der Waals surface area contributed by atoms with Crippen LogP contribution in [-0.2, 0) is 11.3 Å². The summed E-state index contributed by atoms with van der Waals surface area (Å²) in [6.07, 6.45) is 8.36. The van der Waals surface area contributed by atoms with Gasteiger partial charge in [-0.3, -0.25) is 14.2 Å². The Morgan fingerprint density at radius 3 is 2.33 bits per heavy atom. The van der Waals surface area contributed by atoms with Crippen LogP contribution in [0.25, 0.3) is 11.3 Å². The number of rotatable bonds is 5. The van der Waals surface area contributed by atoms with Crippen molar-refractivity contribution in [2.75, 3.05) is 33.7 Å². The van der Waals surface area contributed by atoms with Crippen LogP contribution in [0.4, 0.5) is 4.79 Å². The van der Waals surface area contributed by atoms with E-state index in [1.54, 1.807) is 21.9 Å². The van der Waals surface area contributed by atoms with Gasteiger partial charge in [-0.05, 0) is 49.0 Å². The maximum Gasteiger partial charge on any atom is 0.320 e. The quantitative estimate of drug-likeness (QED) is 0.401. The number of piperidine rings is 2. The summed E-state index contributed by atoms with van der Waals surface area (Å²) in [7, 11) is 3.62. The zero-order valence-corrected chi connectivity index (χ0v) is 25.4. The molecule has 2 aromatic carbocycles. The van der Waals surface area contributed by atoms with Gasteiger partial charge in [-0.25, -0.2) is 9.78 Å². The van der Waals surface area contributed by atoms with Crippen molar-refractivity contribution in [2.45, 2.75) is 57.5 Å². The Morgan fingerprint density at radius 1 is 0.953 bits per heavy atom. The van der Waals surface area contributed by atoms with Crippen LogP contribution in [0.15, 0.2) is 77.9 Å². The van der Waals surface area contributed by atoms with Crippen molar-refractivity contribution < 1.29 is 9.59 Å². The second-order valence-electron chi connectivity index (χ2n) is 13.0. The summed E-state index contributed by atoms with van der Waals surface area (Å²) in [6, 6.07) is 21.6. The van der Waals surface area contributed by atoms with Gasteiger partial charge in [-0.2, -0.15) is 0 Å². The Morgan fingerprint density at radius 2 is 1.65 bits per heavy atom. The maximum absolute atomic E-state index is 14.3. The second kappa shape index (κ2) is 12.3. The molecule has 1 saturated carbocycles. The van der Waals surface area contributed by atoms with Crippen molar-refractivity contribution in [1.29, 1.82) is 0 Å². The van der Waals surface area contributed by atoms with Crippen LogP contribution in [0.3, 0.4) is 0 Å². The van der Waals surface area contributed by atoms with Crippen molar-refractivity contribution in [3.63, 3.8) is 0 Å². The molecule has 2 aliphatic heterocycles. The van der Waals surface area contributed by atoms with E-state index in [0.717, 1.165) is 49.8 Å². The van der Waals surface area contributed by atoms with Gasteiger partial charge in [0.05, 0.1) is 18.1 Å². The van der Waals surface area contributed by atoms with Crippen LogP contribution in [-0.4, -0.2) is 69.9 Å². The molecule has 8 nitrogen and oxygen atoms in total. The third kappa shape index (κ3) is 5.97. The molecule has 226 valence electrons. The number of carbonyl (C=O) groups excluding carboxylic acids is 2. The van der Waals surface area contributed by atoms with Crippen molar-refractivity contribution in [1.82, 2.24) is 24.3 Å². The zero-order chi connectivity index (χ0) is 30.0. The summed E-state index contributed by atoms with van der Waals surface area (Å²) in [5, 5.41) is 0. The molecule has 2 saturated heterocycles. The fourth-order valence-electron chi connectivity index (χ4n) is 7.82. The average molecular weight is 582 g/mol. The first-order valence-electron chi connectivity index (χ1n) is 15.8. The Balaban J connectivity index is 1.19. The van der Waals surface area contributed by atoms with Gasteiger partial charge in [0.2, 0.25) is 5.91 Å². The minimum absolute atomic E-state index is 0.00685. The topological polar surface area (TPSA) is 78.8 Å². The first kappa shape index (κ1) is 29.1. The maximum atomic E-state index is 14.3. The Hall–Kier alpha value is -3.94. The number of hydrogen-bond acceptors (Lipinski definition) is 4. The van der Waals surface area contributed by atoms with Gasteiger partial charge < -0.3 is 14.7 Å². The number of urea groups is 1. The number of carbonyl (C=O) groups is 2. The molecule has 3 aliphatic rings. The number of aromatic nitrogens is 2. The largest absolute Gasteiger partial charge is 0.349 e. The van der Waals surface area contributed by atoms with Gasteiger partial charge in [0.15, 0.2) is 0 Å². The molecule has 3 atom stereocenters. The third-order valence-corrected chi connectivity index (χ3v) is 10.2. The summed E-state index contributed by atoms with van der Waals surface area (Å²) in [6.45, 7) is 2.60. The highest BCUT2D eigenvalue weighted by molar-refractivity contribution is 5.80. The molecular formula is C35H43N5O3. The highest BCUT2D eigenvalue weighted by atomic mass is 16.2. The molecule has 1 aliphatic carbocycles. The molecule has 3 amide bonds. The highest BCUT2D eigenvalue weighted by Gasteiger charge is 2.48. The van der Waals surface area contributed by atoms with E-state index in [1.807, 2.05) is 67.5 Å². The summed E-state index contributed by atoms with van der Waals surface area (Å²) >= 11 is 0. The smallest absolute Gasteiger partial charge is 0.320 e. The van der Waals surface area contributed by atoms with Crippen LogP contribution in [0.2, 0.25) is 0 Å². The summed E-state index contributed by atoms with van der Waals surface area (Å²) in [5.41, 5.74) is 2.70. The van der Waals surface area contributed by atoms with E-state index in [4.69, 9.17) is 0 Å². The Labute approximate surface area is 254 Å². The second-order valence-corrected chi connectivity index (χ2v) is 13.0. The molecule has 8 heteroatoms. The summed E-state index contributed by atoms with van der Waals surface area (Å²) < 4.78 is 1.77. The fraction of sp³-hybridized carbons (Fsp3) is 0.486. The Kier molecular flexibility index (Phi) is 8.37. The lowest BCUT2D eigenvalue weighted by Gasteiger charge is -2.49. The van der Waals surface area contributed by atoms with Crippen LogP contribution in [0, 0.1) is 17.3 Å². The molecule has 0 radical (unpaired) electrons. The van der Waals surface area contributed by atoms with E-state index in [1.165, 1.54) is 0 Å². The normalized spacial score (nSPS) is 23.3. The van der Waals surface area contributed by atoms with E-state index in [0.29, 0.717) is 44.1 Å². The molecule has 3 aromatic rings. The van der Waals surface area contributed by atoms with Gasteiger partial charge in [0.1, 0.15) is 0 Å². The van der Waals surface area contributed by atoms with Crippen LogP contribution < -0.4 is 5.56 Å². The number of likely N-dealkylation sites (tertiary alicyclic amines) is 2. The summed E-state index contributed by atoms with van der Waals surface area (Å²) in [4.78, 5) is 50.8. The van der Waals surface area contributed by atoms with E-state index in [2.05, 4.69) is 22.0 Å². The molecule has 1 aromatic heterocycles. The van der Waals surface area contributed by atoms with E-state index < -0.39 is 0 Å². The molecular weight excluding hydrogens is 538 g/mol. The van der Waals surface area contributed by atoms with Gasteiger partial charge in [0, 0.05) is 57.8 Å². The molecule has 1 spiro atoms.